The number of hydrogen-bond donors (Lipinski definition) is 1. The minimum absolute atomic E-state index is 0.916. The summed E-state index contributed by atoms with van der Waals surface area (Å²) in [4.78, 5) is 4.22. The first-order valence-corrected chi connectivity index (χ1v) is 6.44. The number of nitrogens with one attached hydrogen (secondary N) is 1. The van der Waals surface area contributed by atoms with E-state index in [1.165, 1.54) is 25.8 Å². The maximum atomic E-state index is 4.22. The summed E-state index contributed by atoms with van der Waals surface area (Å²) in [6, 6.07) is 0. The van der Waals surface area contributed by atoms with Crippen LogP contribution < -0.4 is 5.32 Å². The van der Waals surface area contributed by atoms with Gasteiger partial charge in [-0.2, -0.15) is 0 Å². The number of aryl methyl sites for hydroxylation is 1. The van der Waals surface area contributed by atoms with Crippen molar-refractivity contribution in [1.82, 2.24) is 14.9 Å². The van der Waals surface area contributed by atoms with E-state index >= 15 is 0 Å². The Bertz CT molecular complexity index is 319. The van der Waals surface area contributed by atoms with Gasteiger partial charge in [0.15, 0.2) is 0 Å². The normalized spacial score (nSPS) is 25.1. The Hall–Kier alpha value is -0.830. The first-order chi connectivity index (χ1) is 7.75. The largest absolute Gasteiger partial charge is 0.334 e. The fourth-order valence-electron chi connectivity index (χ4n) is 2.66. The first-order valence-electron chi connectivity index (χ1n) is 6.44. The van der Waals surface area contributed by atoms with Crippen molar-refractivity contribution in [3.63, 3.8) is 0 Å². The highest BCUT2D eigenvalue weighted by atomic mass is 15.1. The zero-order valence-electron chi connectivity index (χ0n) is 10.4. The summed E-state index contributed by atoms with van der Waals surface area (Å²) in [7, 11) is 0. The monoisotopic (exact) mass is 221 g/mol. The van der Waals surface area contributed by atoms with Crippen LogP contribution >= 0.6 is 0 Å². The van der Waals surface area contributed by atoms with Gasteiger partial charge in [0.25, 0.3) is 0 Å². The fraction of sp³-hybridized carbons (Fsp3) is 0.769. The summed E-state index contributed by atoms with van der Waals surface area (Å²) < 4.78 is 2.20. The zero-order chi connectivity index (χ0) is 11.4. The van der Waals surface area contributed by atoms with Gasteiger partial charge in [-0.15, -0.1) is 0 Å². The smallest absolute Gasteiger partial charge is 0.105 e. The summed E-state index contributed by atoms with van der Waals surface area (Å²) in [6.45, 7) is 7.71. The number of aromatic nitrogens is 2. The lowest BCUT2D eigenvalue weighted by Crippen LogP contribution is -2.25. The number of rotatable bonds is 5. The summed E-state index contributed by atoms with van der Waals surface area (Å²) in [6.07, 6.45) is 8.17. The lowest BCUT2D eigenvalue weighted by molar-refractivity contribution is 0.460. The van der Waals surface area contributed by atoms with Crippen molar-refractivity contribution in [3.8, 4) is 0 Å². The number of imidazole rings is 1. The van der Waals surface area contributed by atoms with E-state index in [0.717, 1.165) is 30.7 Å². The van der Waals surface area contributed by atoms with Gasteiger partial charge < -0.3 is 9.88 Å². The quantitative estimate of drug-likeness (QED) is 0.773. The molecule has 0 radical (unpaired) electrons. The molecule has 0 aliphatic heterocycles. The molecule has 2 rings (SSSR count). The van der Waals surface area contributed by atoms with Crippen molar-refractivity contribution in [2.24, 2.45) is 11.8 Å². The molecule has 1 aliphatic carbocycles. The Morgan fingerprint density at radius 3 is 3.00 bits per heavy atom. The van der Waals surface area contributed by atoms with Gasteiger partial charge in [-0.25, -0.2) is 4.98 Å². The average Bonchev–Trinajstić information content (AvgIpc) is 2.83. The molecule has 0 amide bonds. The van der Waals surface area contributed by atoms with Gasteiger partial charge in [-0.1, -0.05) is 13.3 Å². The number of hydrogen-bond acceptors (Lipinski definition) is 2. The van der Waals surface area contributed by atoms with Crippen molar-refractivity contribution < 1.29 is 0 Å². The third kappa shape index (κ3) is 3.08. The second-order valence-corrected chi connectivity index (χ2v) is 5.16. The van der Waals surface area contributed by atoms with Crippen LogP contribution in [0, 0.1) is 18.8 Å². The summed E-state index contributed by atoms with van der Waals surface area (Å²) in [5, 5.41) is 3.56. The van der Waals surface area contributed by atoms with Crippen LogP contribution in [0.5, 0.6) is 0 Å². The molecular weight excluding hydrogens is 198 g/mol. The molecule has 0 bridgehead atoms. The van der Waals surface area contributed by atoms with E-state index in [1.54, 1.807) is 0 Å². The van der Waals surface area contributed by atoms with Crippen molar-refractivity contribution in [3.05, 3.63) is 18.2 Å². The van der Waals surface area contributed by atoms with Gasteiger partial charge >= 0.3 is 0 Å². The second kappa shape index (κ2) is 5.48. The highest BCUT2D eigenvalue weighted by molar-refractivity contribution is 4.88. The molecule has 3 nitrogen and oxygen atoms in total. The molecule has 0 saturated heterocycles. The van der Waals surface area contributed by atoms with Crippen molar-refractivity contribution in [2.45, 2.75) is 39.7 Å². The lowest BCUT2D eigenvalue weighted by Gasteiger charge is -2.11. The Labute approximate surface area is 98.3 Å². The number of nitrogens with zero attached hydrogens (tertiary/aromatic N) is 2. The van der Waals surface area contributed by atoms with Gasteiger partial charge in [0, 0.05) is 25.5 Å². The van der Waals surface area contributed by atoms with E-state index in [9.17, 15) is 0 Å². The highest BCUT2D eigenvalue weighted by Gasteiger charge is 2.20. The van der Waals surface area contributed by atoms with Crippen molar-refractivity contribution >= 4 is 0 Å². The molecule has 2 atom stereocenters. The van der Waals surface area contributed by atoms with Gasteiger partial charge in [-0.3, -0.25) is 0 Å². The van der Waals surface area contributed by atoms with E-state index in [1.807, 2.05) is 6.20 Å². The lowest BCUT2D eigenvalue weighted by atomic mass is 10.1. The van der Waals surface area contributed by atoms with Crippen LogP contribution in [0.15, 0.2) is 12.4 Å². The zero-order valence-corrected chi connectivity index (χ0v) is 10.4. The Kier molecular flexibility index (Phi) is 3.99. The molecule has 1 N–H and O–H groups in total. The van der Waals surface area contributed by atoms with E-state index in [2.05, 4.69) is 34.9 Å². The van der Waals surface area contributed by atoms with Crippen molar-refractivity contribution in [2.75, 3.05) is 13.1 Å². The van der Waals surface area contributed by atoms with Gasteiger partial charge in [0.05, 0.1) is 0 Å². The van der Waals surface area contributed by atoms with Crippen LogP contribution in [0.3, 0.4) is 0 Å². The Morgan fingerprint density at radius 2 is 2.38 bits per heavy atom. The molecule has 1 heterocycles. The predicted octanol–water partition coefficient (Wildman–Crippen LogP) is 2.22. The standard InChI is InChI=1S/C13H23N3/c1-11-3-4-13(9-11)10-14-5-7-16-8-6-15-12(16)2/h6,8,11,13-14H,3-5,7,9-10H2,1-2H3. The Balaban J connectivity index is 1.60. The molecule has 0 aromatic carbocycles. The van der Waals surface area contributed by atoms with Crippen LogP contribution in [-0.4, -0.2) is 22.6 Å². The molecule has 1 saturated carbocycles. The van der Waals surface area contributed by atoms with Gasteiger partial charge in [0.1, 0.15) is 5.82 Å². The molecule has 2 unspecified atom stereocenters. The molecule has 90 valence electrons. The maximum Gasteiger partial charge on any atom is 0.105 e. The molecule has 1 aromatic rings. The minimum Gasteiger partial charge on any atom is -0.334 e. The summed E-state index contributed by atoms with van der Waals surface area (Å²) >= 11 is 0. The van der Waals surface area contributed by atoms with Crippen LogP contribution in [0.25, 0.3) is 0 Å². The first kappa shape index (κ1) is 11.6. The summed E-state index contributed by atoms with van der Waals surface area (Å²) in [5.41, 5.74) is 0. The summed E-state index contributed by atoms with van der Waals surface area (Å²) in [5.74, 6) is 2.97. The SMILES string of the molecule is Cc1nccn1CCNCC1CCC(C)C1. The molecule has 16 heavy (non-hydrogen) atoms. The third-order valence-corrected chi connectivity index (χ3v) is 3.69. The Morgan fingerprint density at radius 1 is 1.50 bits per heavy atom. The molecule has 0 spiro atoms. The van der Waals surface area contributed by atoms with Crippen LogP contribution in [0.4, 0.5) is 0 Å². The minimum atomic E-state index is 0.916. The van der Waals surface area contributed by atoms with Gasteiger partial charge in [0.2, 0.25) is 0 Å². The van der Waals surface area contributed by atoms with E-state index in [0.29, 0.717) is 0 Å². The van der Waals surface area contributed by atoms with Crippen LogP contribution in [0.2, 0.25) is 0 Å². The van der Waals surface area contributed by atoms with Crippen LogP contribution in [-0.2, 0) is 6.54 Å². The third-order valence-electron chi connectivity index (χ3n) is 3.69. The molecule has 1 aromatic heterocycles. The fourth-order valence-corrected chi connectivity index (χ4v) is 2.66. The maximum absolute atomic E-state index is 4.22. The van der Waals surface area contributed by atoms with Gasteiger partial charge in [-0.05, 0) is 38.1 Å². The van der Waals surface area contributed by atoms with E-state index in [4.69, 9.17) is 0 Å². The average molecular weight is 221 g/mol. The van der Waals surface area contributed by atoms with E-state index in [-0.39, 0.29) is 0 Å². The second-order valence-electron chi connectivity index (χ2n) is 5.16. The molecule has 1 fully saturated rings. The van der Waals surface area contributed by atoms with E-state index < -0.39 is 0 Å². The molecular formula is C13H23N3. The molecule has 1 aliphatic rings. The van der Waals surface area contributed by atoms with Crippen molar-refractivity contribution in [1.29, 1.82) is 0 Å². The molecule has 3 heteroatoms. The van der Waals surface area contributed by atoms with Crippen LogP contribution in [0.1, 0.15) is 32.0 Å². The highest BCUT2D eigenvalue weighted by Crippen LogP contribution is 2.29. The predicted molar refractivity (Wildman–Crippen MR) is 66.3 cm³/mol. The topological polar surface area (TPSA) is 29.9 Å².